The molecule has 0 amide bonds. The van der Waals surface area contributed by atoms with E-state index in [4.69, 9.17) is 14.2 Å². The van der Waals surface area contributed by atoms with Gasteiger partial charge in [0.05, 0.1) is 20.8 Å². The summed E-state index contributed by atoms with van der Waals surface area (Å²) in [5.41, 5.74) is 2.33. The monoisotopic (exact) mass is 416 g/mol. The number of carbonyl (C=O) groups is 2. The van der Waals surface area contributed by atoms with Gasteiger partial charge in [-0.3, -0.25) is 4.79 Å². The first-order chi connectivity index (χ1) is 12.5. The number of hydrogen-bond acceptors (Lipinski definition) is 5. The molecule has 2 aromatic rings. The molecule has 134 valence electrons. The minimum absolute atomic E-state index is 0.0273. The Hall–Kier alpha value is -2.60. The van der Waals surface area contributed by atoms with Gasteiger partial charge in [-0.2, -0.15) is 0 Å². The smallest absolute Gasteiger partial charge is 0.342 e. The van der Waals surface area contributed by atoms with Gasteiger partial charge in [0.2, 0.25) is 5.78 Å². The lowest BCUT2D eigenvalue weighted by atomic mass is 9.97. The minimum Gasteiger partial charge on any atom is -0.493 e. The number of halogens is 1. The van der Waals surface area contributed by atoms with Gasteiger partial charge in [-0.05, 0) is 42.3 Å². The summed E-state index contributed by atoms with van der Waals surface area (Å²) in [7, 11) is 3.02. The third-order valence-electron chi connectivity index (χ3n) is 4.13. The summed E-state index contributed by atoms with van der Waals surface area (Å²) in [4.78, 5) is 25.5. The van der Waals surface area contributed by atoms with E-state index in [2.05, 4.69) is 15.9 Å². The minimum atomic E-state index is -0.635. The third kappa shape index (κ3) is 3.01. The summed E-state index contributed by atoms with van der Waals surface area (Å²) in [6, 6.07) is 10.7. The summed E-state index contributed by atoms with van der Waals surface area (Å²) in [5, 5.41) is 0. The normalized spacial score (nSPS) is 12.8. The van der Waals surface area contributed by atoms with Crippen LogP contribution in [0.5, 0.6) is 11.5 Å². The number of methoxy groups -OCH3 is 2. The quantitative estimate of drug-likeness (QED) is 0.543. The molecule has 0 aliphatic heterocycles. The van der Waals surface area contributed by atoms with Gasteiger partial charge in [0.15, 0.2) is 11.5 Å². The highest BCUT2D eigenvalue weighted by atomic mass is 79.9. The Morgan fingerprint density at radius 3 is 2.12 bits per heavy atom. The molecular weight excluding hydrogens is 400 g/mol. The highest BCUT2D eigenvalue weighted by molar-refractivity contribution is 9.10. The maximum atomic E-state index is 13.0. The standard InChI is InChI=1S/C20H17BrO5/c1-4-26-20(23)18-17(11-5-7-12(21)8-6-11)13-9-15(24-2)16(25-3)10-14(13)19(18)22/h5-10H,4H2,1-3H3. The zero-order valence-corrected chi connectivity index (χ0v) is 16.2. The van der Waals surface area contributed by atoms with E-state index in [-0.39, 0.29) is 18.0 Å². The molecule has 0 N–H and O–H groups in total. The highest BCUT2D eigenvalue weighted by Gasteiger charge is 2.36. The van der Waals surface area contributed by atoms with Crippen LogP contribution in [0.1, 0.15) is 28.4 Å². The predicted molar refractivity (Wildman–Crippen MR) is 101 cm³/mol. The summed E-state index contributed by atoms with van der Waals surface area (Å²) in [5.74, 6) is -0.0968. The van der Waals surface area contributed by atoms with Crippen molar-refractivity contribution in [3.8, 4) is 11.5 Å². The zero-order valence-electron chi connectivity index (χ0n) is 14.6. The Labute approximate surface area is 159 Å². The lowest BCUT2D eigenvalue weighted by molar-refractivity contribution is -0.137. The maximum Gasteiger partial charge on any atom is 0.342 e. The van der Waals surface area contributed by atoms with Crippen molar-refractivity contribution in [2.75, 3.05) is 20.8 Å². The number of rotatable bonds is 5. The number of hydrogen-bond donors (Lipinski definition) is 0. The van der Waals surface area contributed by atoms with Crippen LogP contribution in [0.2, 0.25) is 0 Å². The van der Waals surface area contributed by atoms with E-state index >= 15 is 0 Å². The molecule has 0 aromatic heterocycles. The molecule has 0 bridgehead atoms. The van der Waals surface area contributed by atoms with Crippen molar-refractivity contribution < 1.29 is 23.8 Å². The topological polar surface area (TPSA) is 61.8 Å². The van der Waals surface area contributed by atoms with Gasteiger partial charge in [-0.25, -0.2) is 4.79 Å². The lowest BCUT2D eigenvalue weighted by Gasteiger charge is -2.12. The maximum absolute atomic E-state index is 13.0. The molecule has 6 heteroatoms. The van der Waals surface area contributed by atoms with Gasteiger partial charge in [0.1, 0.15) is 5.57 Å². The fraction of sp³-hybridized carbons (Fsp3) is 0.200. The second kappa shape index (κ2) is 7.33. The summed E-state index contributed by atoms with van der Waals surface area (Å²) in [6.45, 7) is 1.89. The fourth-order valence-electron chi connectivity index (χ4n) is 2.97. The number of carbonyl (C=O) groups excluding carboxylic acids is 2. The van der Waals surface area contributed by atoms with Crippen molar-refractivity contribution in [3.05, 3.63) is 63.1 Å². The molecule has 0 saturated carbocycles. The van der Waals surface area contributed by atoms with E-state index in [0.29, 0.717) is 28.2 Å². The van der Waals surface area contributed by atoms with Crippen LogP contribution in [0.3, 0.4) is 0 Å². The van der Waals surface area contributed by atoms with Crippen LogP contribution in [-0.4, -0.2) is 32.6 Å². The largest absolute Gasteiger partial charge is 0.493 e. The molecule has 0 atom stereocenters. The van der Waals surface area contributed by atoms with Crippen LogP contribution in [0, 0.1) is 0 Å². The Balaban J connectivity index is 2.28. The molecule has 26 heavy (non-hydrogen) atoms. The summed E-state index contributed by atoms with van der Waals surface area (Å²) < 4.78 is 16.7. The first-order valence-electron chi connectivity index (χ1n) is 8.00. The van der Waals surface area contributed by atoms with Crippen LogP contribution in [0.4, 0.5) is 0 Å². The van der Waals surface area contributed by atoms with Gasteiger partial charge in [-0.15, -0.1) is 0 Å². The molecule has 5 nitrogen and oxygen atoms in total. The van der Waals surface area contributed by atoms with Gasteiger partial charge in [0, 0.05) is 15.6 Å². The Morgan fingerprint density at radius 1 is 1.00 bits per heavy atom. The van der Waals surface area contributed by atoms with E-state index in [1.807, 2.05) is 24.3 Å². The second-order valence-corrected chi connectivity index (χ2v) is 6.47. The molecule has 0 saturated heterocycles. The molecule has 1 aliphatic carbocycles. The van der Waals surface area contributed by atoms with E-state index in [9.17, 15) is 9.59 Å². The molecule has 2 aromatic carbocycles. The highest BCUT2D eigenvalue weighted by Crippen LogP contribution is 2.43. The first-order valence-corrected chi connectivity index (χ1v) is 8.79. The van der Waals surface area contributed by atoms with E-state index in [1.54, 1.807) is 19.1 Å². The molecule has 0 heterocycles. The SMILES string of the molecule is CCOC(=O)C1=C(c2ccc(Br)cc2)c2cc(OC)c(OC)cc2C1=O. The predicted octanol–water partition coefficient (Wildman–Crippen LogP) is 4.03. The molecule has 3 rings (SSSR count). The molecule has 0 unspecified atom stereocenters. The second-order valence-electron chi connectivity index (χ2n) is 5.56. The van der Waals surface area contributed by atoms with Crippen molar-refractivity contribution >= 4 is 33.3 Å². The number of ether oxygens (including phenoxy) is 3. The van der Waals surface area contributed by atoms with Crippen molar-refractivity contribution in [1.82, 2.24) is 0 Å². The van der Waals surface area contributed by atoms with Crippen molar-refractivity contribution in [3.63, 3.8) is 0 Å². The number of Topliss-reactive ketones (excluding diaryl/α,β-unsaturated/α-hetero) is 1. The van der Waals surface area contributed by atoms with Crippen LogP contribution < -0.4 is 9.47 Å². The van der Waals surface area contributed by atoms with Crippen molar-refractivity contribution in [2.45, 2.75) is 6.92 Å². The summed E-state index contributed by atoms with van der Waals surface area (Å²) in [6.07, 6.45) is 0. The molecule has 1 aliphatic rings. The Bertz CT molecular complexity index is 913. The Morgan fingerprint density at radius 2 is 1.58 bits per heavy atom. The molecule has 0 spiro atoms. The fourth-order valence-corrected chi connectivity index (χ4v) is 3.24. The van der Waals surface area contributed by atoms with Gasteiger partial charge in [0.25, 0.3) is 0 Å². The number of ketones is 1. The zero-order chi connectivity index (χ0) is 18.8. The van der Waals surface area contributed by atoms with Crippen LogP contribution in [0.25, 0.3) is 5.57 Å². The lowest BCUT2D eigenvalue weighted by Crippen LogP contribution is -2.14. The van der Waals surface area contributed by atoms with Crippen LogP contribution >= 0.6 is 15.9 Å². The van der Waals surface area contributed by atoms with E-state index in [0.717, 1.165) is 10.0 Å². The van der Waals surface area contributed by atoms with Gasteiger partial charge < -0.3 is 14.2 Å². The molecular formula is C20H17BrO5. The van der Waals surface area contributed by atoms with E-state index < -0.39 is 5.97 Å². The van der Waals surface area contributed by atoms with Crippen molar-refractivity contribution in [2.24, 2.45) is 0 Å². The molecule has 0 fully saturated rings. The van der Waals surface area contributed by atoms with Crippen LogP contribution in [0.15, 0.2) is 46.4 Å². The number of benzene rings is 2. The van der Waals surface area contributed by atoms with Gasteiger partial charge >= 0.3 is 5.97 Å². The number of esters is 1. The summed E-state index contributed by atoms with van der Waals surface area (Å²) >= 11 is 3.40. The average molecular weight is 417 g/mol. The van der Waals surface area contributed by atoms with Gasteiger partial charge in [-0.1, -0.05) is 28.1 Å². The average Bonchev–Trinajstić information content (AvgIpc) is 2.93. The van der Waals surface area contributed by atoms with Crippen molar-refractivity contribution in [1.29, 1.82) is 0 Å². The first kappa shape index (κ1) is 18.2. The van der Waals surface area contributed by atoms with Crippen LogP contribution in [-0.2, 0) is 9.53 Å². The number of fused-ring (bicyclic) bond motifs is 1. The van der Waals surface area contributed by atoms with E-state index in [1.165, 1.54) is 14.2 Å². The molecule has 0 radical (unpaired) electrons. The third-order valence-corrected chi connectivity index (χ3v) is 4.66. The Kier molecular flexibility index (Phi) is 5.13.